The van der Waals surface area contributed by atoms with Crippen LogP contribution in [-0.4, -0.2) is 19.3 Å². The van der Waals surface area contributed by atoms with Gasteiger partial charge < -0.3 is 19.3 Å². The van der Waals surface area contributed by atoms with Crippen LogP contribution in [0.5, 0.6) is 17.2 Å². The van der Waals surface area contributed by atoms with Crippen LogP contribution in [0.25, 0.3) is 0 Å². The molecule has 2 aromatic rings. The van der Waals surface area contributed by atoms with Gasteiger partial charge in [-0.1, -0.05) is 12.1 Å². The monoisotopic (exact) mass is 288 g/mol. The summed E-state index contributed by atoms with van der Waals surface area (Å²) in [5, 5.41) is 9.81. The maximum Gasteiger partial charge on any atom is 0.129 e. The molecule has 112 valence electrons. The van der Waals surface area contributed by atoms with Gasteiger partial charge in [0.05, 0.1) is 20.3 Å². The number of ether oxygens (including phenoxy) is 3. The summed E-state index contributed by atoms with van der Waals surface area (Å²) in [6.07, 6.45) is -0.601. The van der Waals surface area contributed by atoms with Gasteiger partial charge in [-0.15, -0.1) is 0 Å². The second-order valence-electron chi connectivity index (χ2n) is 4.72. The van der Waals surface area contributed by atoms with Crippen LogP contribution in [0.15, 0.2) is 42.5 Å². The van der Waals surface area contributed by atoms with Crippen LogP contribution in [0.1, 0.15) is 24.2 Å². The third-order valence-electron chi connectivity index (χ3n) is 3.20. The Balaban J connectivity index is 2.17. The highest BCUT2D eigenvalue weighted by Crippen LogP contribution is 2.30. The zero-order valence-corrected chi connectivity index (χ0v) is 12.5. The van der Waals surface area contributed by atoms with Crippen molar-refractivity contribution < 1.29 is 19.3 Å². The number of aliphatic hydroxyl groups is 1. The first-order valence-corrected chi connectivity index (χ1v) is 6.75. The van der Waals surface area contributed by atoms with Gasteiger partial charge in [0.15, 0.2) is 0 Å². The summed E-state index contributed by atoms with van der Waals surface area (Å²) in [5.74, 6) is 2.10. The SMILES string of the molecule is COc1cccc(COc2cc(OC)ccc2[C@H](C)O)c1. The molecule has 0 bridgehead atoms. The minimum Gasteiger partial charge on any atom is -0.497 e. The lowest BCUT2D eigenvalue weighted by atomic mass is 10.1. The predicted molar refractivity (Wildman–Crippen MR) is 81.0 cm³/mol. The molecule has 0 unspecified atom stereocenters. The molecule has 0 fully saturated rings. The van der Waals surface area contributed by atoms with E-state index < -0.39 is 6.10 Å². The Morgan fingerprint density at radius 3 is 2.38 bits per heavy atom. The number of benzene rings is 2. The van der Waals surface area contributed by atoms with Gasteiger partial charge in [0.1, 0.15) is 23.9 Å². The molecule has 1 N–H and O–H groups in total. The molecule has 0 heterocycles. The molecule has 0 radical (unpaired) electrons. The fraction of sp³-hybridized carbons (Fsp3) is 0.294. The van der Waals surface area contributed by atoms with Crippen molar-refractivity contribution in [1.29, 1.82) is 0 Å². The van der Waals surface area contributed by atoms with Crippen LogP contribution >= 0.6 is 0 Å². The molecule has 2 rings (SSSR count). The molecule has 0 aliphatic heterocycles. The first-order valence-electron chi connectivity index (χ1n) is 6.75. The molecule has 0 saturated carbocycles. The summed E-state index contributed by atoms with van der Waals surface area (Å²) in [5.41, 5.74) is 1.73. The second kappa shape index (κ2) is 6.99. The van der Waals surface area contributed by atoms with Gasteiger partial charge in [0, 0.05) is 11.6 Å². The predicted octanol–water partition coefficient (Wildman–Crippen LogP) is 3.34. The van der Waals surface area contributed by atoms with Crippen molar-refractivity contribution in [2.24, 2.45) is 0 Å². The van der Waals surface area contributed by atoms with Crippen molar-refractivity contribution >= 4 is 0 Å². The molecular weight excluding hydrogens is 268 g/mol. The van der Waals surface area contributed by atoms with Crippen molar-refractivity contribution in [3.05, 3.63) is 53.6 Å². The molecule has 0 aliphatic rings. The molecule has 2 aromatic carbocycles. The van der Waals surface area contributed by atoms with Crippen LogP contribution in [0.3, 0.4) is 0 Å². The van der Waals surface area contributed by atoms with E-state index in [4.69, 9.17) is 14.2 Å². The third kappa shape index (κ3) is 3.89. The van der Waals surface area contributed by atoms with E-state index in [0.29, 0.717) is 18.1 Å². The summed E-state index contributed by atoms with van der Waals surface area (Å²) in [4.78, 5) is 0. The zero-order valence-electron chi connectivity index (χ0n) is 12.5. The van der Waals surface area contributed by atoms with Crippen molar-refractivity contribution in [3.8, 4) is 17.2 Å². The standard InChI is InChI=1S/C17H20O4/c1-12(18)16-8-7-15(20-3)10-17(16)21-11-13-5-4-6-14(9-13)19-2/h4-10,12,18H,11H2,1-3H3/t12-/m0/s1. The zero-order chi connectivity index (χ0) is 15.2. The fourth-order valence-corrected chi connectivity index (χ4v) is 2.04. The topological polar surface area (TPSA) is 47.9 Å². The Morgan fingerprint density at radius 2 is 1.71 bits per heavy atom. The fourth-order valence-electron chi connectivity index (χ4n) is 2.04. The molecule has 1 atom stereocenters. The van der Waals surface area contributed by atoms with Gasteiger partial charge in [-0.2, -0.15) is 0 Å². The second-order valence-corrected chi connectivity index (χ2v) is 4.72. The summed E-state index contributed by atoms with van der Waals surface area (Å²) in [6, 6.07) is 13.1. The van der Waals surface area contributed by atoms with Crippen molar-refractivity contribution in [2.45, 2.75) is 19.6 Å². The van der Waals surface area contributed by atoms with Crippen LogP contribution in [0, 0.1) is 0 Å². The minimum absolute atomic E-state index is 0.393. The molecule has 21 heavy (non-hydrogen) atoms. The number of aliphatic hydroxyl groups excluding tert-OH is 1. The van der Waals surface area contributed by atoms with Crippen LogP contribution in [0.2, 0.25) is 0 Å². The quantitative estimate of drug-likeness (QED) is 0.885. The van der Waals surface area contributed by atoms with Crippen LogP contribution in [-0.2, 0) is 6.61 Å². The lowest BCUT2D eigenvalue weighted by Gasteiger charge is -2.15. The lowest BCUT2D eigenvalue weighted by Crippen LogP contribution is -2.01. The Morgan fingerprint density at radius 1 is 1.00 bits per heavy atom. The minimum atomic E-state index is -0.601. The Labute approximate surface area is 124 Å². The molecule has 0 saturated heterocycles. The van der Waals surface area contributed by atoms with E-state index in [-0.39, 0.29) is 0 Å². The Kier molecular flexibility index (Phi) is 5.06. The van der Waals surface area contributed by atoms with E-state index in [1.54, 1.807) is 33.3 Å². The number of rotatable bonds is 6. The van der Waals surface area contributed by atoms with Crippen molar-refractivity contribution in [1.82, 2.24) is 0 Å². The maximum atomic E-state index is 9.81. The van der Waals surface area contributed by atoms with Gasteiger partial charge in [-0.05, 0) is 36.8 Å². The van der Waals surface area contributed by atoms with Crippen molar-refractivity contribution in [3.63, 3.8) is 0 Å². The van der Waals surface area contributed by atoms with Gasteiger partial charge in [-0.25, -0.2) is 0 Å². The highest BCUT2D eigenvalue weighted by Gasteiger charge is 2.11. The molecule has 0 spiro atoms. The Hall–Kier alpha value is -2.20. The summed E-state index contributed by atoms with van der Waals surface area (Å²) >= 11 is 0. The van der Waals surface area contributed by atoms with Gasteiger partial charge in [0.25, 0.3) is 0 Å². The third-order valence-corrected chi connectivity index (χ3v) is 3.20. The molecule has 0 aromatic heterocycles. The largest absolute Gasteiger partial charge is 0.497 e. The van der Waals surface area contributed by atoms with Crippen LogP contribution < -0.4 is 14.2 Å². The molecule has 0 amide bonds. The van der Waals surface area contributed by atoms with E-state index in [9.17, 15) is 5.11 Å². The van der Waals surface area contributed by atoms with Gasteiger partial charge in [0.2, 0.25) is 0 Å². The summed E-state index contributed by atoms with van der Waals surface area (Å²) in [6.45, 7) is 2.10. The summed E-state index contributed by atoms with van der Waals surface area (Å²) in [7, 11) is 3.23. The molecule has 4 heteroatoms. The highest BCUT2D eigenvalue weighted by atomic mass is 16.5. The van der Waals surface area contributed by atoms with E-state index in [2.05, 4.69) is 0 Å². The van der Waals surface area contributed by atoms with E-state index in [0.717, 1.165) is 16.9 Å². The summed E-state index contributed by atoms with van der Waals surface area (Å²) < 4.78 is 16.2. The highest BCUT2D eigenvalue weighted by molar-refractivity contribution is 5.42. The first kappa shape index (κ1) is 15.2. The maximum absolute atomic E-state index is 9.81. The molecular formula is C17H20O4. The normalized spacial score (nSPS) is 11.8. The number of methoxy groups -OCH3 is 2. The van der Waals surface area contributed by atoms with Gasteiger partial charge in [-0.3, -0.25) is 0 Å². The molecule has 0 aliphatic carbocycles. The lowest BCUT2D eigenvalue weighted by molar-refractivity contribution is 0.190. The molecule has 4 nitrogen and oxygen atoms in total. The van der Waals surface area contributed by atoms with E-state index >= 15 is 0 Å². The number of hydrogen-bond donors (Lipinski definition) is 1. The van der Waals surface area contributed by atoms with Crippen LogP contribution in [0.4, 0.5) is 0 Å². The average Bonchev–Trinajstić information content (AvgIpc) is 2.52. The van der Waals surface area contributed by atoms with E-state index in [1.165, 1.54) is 0 Å². The average molecular weight is 288 g/mol. The first-order chi connectivity index (χ1) is 10.1. The number of hydrogen-bond acceptors (Lipinski definition) is 4. The van der Waals surface area contributed by atoms with Gasteiger partial charge >= 0.3 is 0 Å². The van der Waals surface area contributed by atoms with E-state index in [1.807, 2.05) is 30.3 Å². The Bertz CT molecular complexity index is 593. The smallest absolute Gasteiger partial charge is 0.129 e. The van der Waals surface area contributed by atoms with Crippen molar-refractivity contribution in [2.75, 3.05) is 14.2 Å².